The Morgan fingerprint density at radius 1 is 0.923 bits per heavy atom. The number of amides is 1. The summed E-state index contributed by atoms with van der Waals surface area (Å²) >= 11 is 12.2. The van der Waals surface area contributed by atoms with E-state index in [2.05, 4.69) is 5.32 Å². The molecule has 0 atom stereocenters. The van der Waals surface area contributed by atoms with E-state index in [9.17, 15) is 18.0 Å². The van der Waals surface area contributed by atoms with Crippen molar-refractivity contribution in [2.24, 2.45) is 0 Å². The summed E-state index contributed by atoms with van der Waals surface area (Å²) in [5.74, 6) is -0.983. The van der Waals surface area contributed by atoms with Gasteiger partial charge in [0.25, 0.3) is 0 Å². The minimum atomic E-state index is -4.08. The van der Waals surface area contributed by atoms with Gasteiger partial charge in [-0.1, -0.05) is 60.3 Å². The Morgan fingerprint density at radius 3 is 2.15 bits per heavy atom. The van der Waals surface area contributed by atoms with Gasteiger partial charge >= 0.3 is 5.97 Å². The molecule has 0 heterocycles. The number of anilines is 1. The molecular formula is C29H32Cl2N2O5S. The Kier molecular flexibility index (Phi) is 10.6. The number of carbonyl (C=O) groups excluding carboxylic acids is 2. The molecule has 0 spiro atoms. The lowest BCUT2D eigenvalue weighted by molar-refractivity contribution is -0.116. The van der Waals surface area contributed by atoms with Crippen LogP contribution in [-0.2, 0) is 26.1 Å². The normalized spacial score (nSPS) is 11.5. The Labute approximate surface area is 240 Å². The van der Waals surface area contributed by atoms with Crippen LogP contribution in [0.4, 0.5) is 5.69 Å². The highest BCUT2D eigenvalue weighted by atomic mass is 35.5. The van der Waals surface area contributed by atoms with Gasteiger partial charge < -0.3 is 10.1 Å². The van der Waals surface area contributed by atoms with Gasteiger partial charge in [-0.3, -0.25) is 4.79 Å². The van der Waals surface area contributed by atoms with E-state index < -0.39 is 28.4 Å². The predicted octanol–water partition coefficient (Wildman–Crippen LogP) is 6.71. The molecule has 0 aliphatic carbocycles. The van der Waals surface area contributed by atoms with Crippen LogP contribution in [0.25, 0.3) is 0 Å². The van der Waals surface area contributed by atoms with Crippen LogP contribution in [0.2, 0.25) is 10.0 Å². The number of aryl methyl sites for hydroxylation is 3. The molecule has 1 N–H and O–H groups in total. The first-order chi connectivity index (χ1) is 18.4. The van der Waals surface area contributed by atoms with Crippen molar-refractivity contribution in [1.82, 2.24) is 4.31 Å². The number of halogens is 2. The van der Waals surface area contributed by atoms with Crippen molar-refractivity contribution in [2.75, 3.05) is 18.5 Å². The number of rotatable bonds is 11. The summed E-state index contributed by atoms with van der Waals surface area (Å²) in [6.07, 6.45) is 1.70. The molecule has 0 bridgehead atoms. The number of carbonyl (C=O) groups is 2. The predicted molar refractivity (Wildman–Crippen MR) is 155 cm³/mol. The average Bonchev–Trinajstić information content (AvgIpc) is 2.85. The van der Waals surface area contributed by atoms with Crippen LogP contribution in [0.3, 0.4) is 0 Å². The van der Waals surface area contributed by atoms with Crippen LogP contribution in [-0.4, -0.2) is 37.8 Å². The number of hydrogen-bond donors (Lipinski definition) is 1. The summed E-state index contributed by atoms with van der Waals surface area (Å²) in [7, 11) is -4.08. The molecule has 208 valence electrons. The lowest BCUT2D eigenvalue weighted by Crippen LogP contribution is -2.38. The van der Waals surface area contributed by atoms with Gasteiger partial charge in [0.2, 0.25) is 15.9 Å². The smallest absolute Gasteiger partial charge is 0.338 e. The van der Waals surface area contributed by atoms with Crippen molar-refractivity contribution in [3.63, 3.8) is 0 Å². The zero-order valence-electron chi connectivity index (χ0n) is 22.4. The molecule has 0 fully saturated rings. The molecule has 1 amide bonds. The fourth-order valence-corrected chi connectivity index (χ4v) is 6.33. The number of nitrogens with zero attached hydrogens (tertiary/aromatic N) is 1. The van der Waals surface area contributed by atoms with Crippen LogP contribution in [0.5, 0.6) is 0 Å². The van der Waals surface area contributed by atoms with Crippen LogP contribution < -0.4 is 5.32 Å². The summed E-state index contributed by atoms with van der Waals surface area (Å²) in [5.41, 5.74) is 3.48. The summed E-state index contributed by atoms with van der Waals surface area (Å²) in [6.45, 7) is 7.17. The van der Waals surface area contributed by atoms with Crippen molar-refractivity contribution in [3.05, 3.63) is 92.5 Å². The van der Waals surface area contributed by atoms with Crippen molar-refractivity contribution in [1.29, 1.82) is 0 Å². The SMILES string of the molecule is CCCCOC(=O)c1ccc(NC(=O)CN(Cc2ccc(Cl)c(Cl)c2)S(=O)(=O)c2c(C)cc(C)cc2C)cc1. The van der Waals surface area contributed by atoms with Gasteiger partial charge in [0, 0.05) is 12.2 Å². The van der Waals surface area contributed by atoms with Crippen molar-refractivity contribution in [3.8, 4) is 0 Å². The van der Waals surface area contributed by atoms with Crippen LogP contribution in [0.15, 0.2) is 59.5 Å². The highest BCUT2D eigenvalue weighted by Crippen LogP contribution is 2.28. The number of unbranched alkanes of at least 4 members (excludes halogenated alkanes) is 1. The standard InChI is InChI=1S/C29H32Cl2N2O5S/c1-5-6-13-38-29(35)23-8-10-24(11-9-23)32-27(34)18-33(17-22-7-12-25(30)26(31)16-22)39(36,37)28-20(3)14-19(2)15-21(28)4/h7-12,14-16H,5-6,13,17-18H2,1-4H3,(H,32,34). The van der Waals surface area contributed by atoms with Crippen molar-refractivity contribution >= 4 is 50.8 Å². The summed E-state index contributed by atoms with van der Waals surface area (Å²) < 4.78 is 34.1. The zero-order valence-corrected chi connectivity index (χ0v) is 24.7. The third-order valence-electron chi connectivity index (χ3n) is 6.00. The first-order valence-electron chi connectivity index (χ1n) is 12.5. The van der Waals surface area contributed by atoms with Crippen LogP contribution >= 0.6 is 23.2 Å². The van der Waals surface area contributed by atoms with Crippen molar-refractivity contribution < 1.29 is 22.7 Å². The molecule has 0 radical (unpaired) electrons. The molecule has 0 aromatic heterocycles. The monoisotopic (exact) mass is 590 g/mol. The minimum Gasteiger partial charge on any atom is -0.462 e. The molecule has 0 aliphatic rings. The van der Waals surface area contributed by atoms with Gasteiger partial charge in [0.15, 0.2) is 0 Å². The van der Waals surface area contributed by atoms with Gasteiger partial charge in [-0.2, -0.15) is 4.31 Å². The van der Waals surface area contributed by atoms with Gasteiger partial charge in [-0.15, -0.1) is 0 Å². The largest absolute Gasteiger partial charge is 0.462 e. The Bertz CT molecular complexity index is 1430. The summed E-state index contributed by atoms with van der Waals surface area (Å²) in [6, 6.07) is 14.7. The Morgan fingerprint density at radius 2 is 1.56 bits per heavy atom. The lowest BCUT2D eigenvalue weighted by atomic mass is 10.1. The van der Waals surface area contributed by atoms with E-state index in [-0.39, 0.29) is 16.5 Å². The van der Waals surface area contributed by atoms with E-state index in [0.717, 1.165) is 22.7 Å². The zero-order chi connectivity index (χ0) is 28.7. The highest BCUT2D eigenvalue weighted by molar-refractivity contribution is 7.89. The van der Waals surface area contributed by atoms with Gasteiger partial charge in [-0.25, -0.2) is 13.2 Å². The molecular weight excluding hydrogens is 559 g/mol. The molecule has 0 aliphatic heterocycles. The molecule has 0 saturated heterocycles. The van der Waals surface area contributed by atoms with E-state index in [0.29, 0.717) is 39.6 Å². The van der Waals surface area contributed by atoms with Crippen molar-refractivity contribution in [2.45, 2.75) is 52.0 Å². The molecule has 3 rings (SSSR count). The second-order valence-corrected chi connectivity index (χ2v) is 12.1. The third kappa shape index (κ3) is 8.05. The number of hydrogen-bond acceptors (Lipinski definition) is 5. The maximum atomic E-state index is 13.9. The maximum Gasteiger partial charge on any atom is 0.338 e. The molecule has 3 aromatic carbocycles. The van der Waals surface area contributed by atoms with E-state index in [1.54, 1.807) is 68.4 Å². The lowest BCUT2D eigenvalue weighted by Gasteiger charge is -2.24. The first-order valence-corrected chi connectivity index (χ1v) is 14.7. The number of benzene rings is 3. The number of esters is 1. The quantitative estimate of drug-likeness (QED) is 0.198. The fraction of sp³-hybridized carbons (Fsp3) is 0.310. The maximum absolute atomic E-state index is 13.9. The summed E-state index contributed by atoms with van der Waals surface area (Å²) in [4.78, 5) is 25.4. The average molecular weight is 592 g/mol. The summed E-state index contributed by atoms with van der Waals surface area (Å²) in [5, 5.41) is 3.34. The molecule has 0 saturated carbocycles. The second kappa shape index (κ2) is 13.4. The van der Waals surface area contributed by atoms with E-state index in [4.69, 9.17) is 27.9 Å². The van der Waals surface area contributed by atoms with Gasteiger partial charge in [0.05, 0.1) is 33.7 Å². The molecule has 7 nitrogen and oxygen atoms in total. The number of nitrogens with one attached hydrogen (secondary N) is 1. The third-order valence-corrected chi connectivity index (χ3v) is 8.84. The van der Waals surface area contributed by atoms with Crippen LogP contribution in [0.1, 0.15) is 52.4 Å². The Hall–Kier alpha value is -2.91. The molecule has 10 heteroatoms. The van der Waals surface area contributed by atoms with Crippen LogP contribution in [0, 0.1) is 20.8 Å². The van der Waals surface area contributed by atoms with E-state index >= 15 is 0 Å². The highest BCUT2D eigenvalue weighted by Gasteiger charge is 2.30. The van der Waals surface area contributed by atoms with E-state index in [1.807, 2.05) is 13.8 Å². The second-order valence-electron chi connectivity index (χ2n) is 9.36. The fourth-order valence-electron chi connectivity index (χ4n) is 4.21. The first kappa shape index (κ1) is 30.6. The van der Waals surface area contributed by atoms with Gasteiger partial charge in [0.1, 0.15) is 0 Å². The molecule has 3 aromatic rings. The van der Waals surface area contributed by atoms with E-state index in [1.165, 1.54) is 0 Å². The number of ether oxygens (including phenoxy) is 1. The Balaban J connectivity index is 1.85. The van der Waals surface area contributed by atoms with Gasteiger partial charge in [-0.05, 0) is 80.3 Å². The number of sulfonamides is 1. The minimum absolute atomic E-state index is 0.0953. The topological polar surface area (TPSA) is 92.8 Å². The molecule has 39 heavy (non-hydrogen) atoms. The molecule has 0 unspecified atom stereocenters.